The van der Waals surface area contributed by atoms with E-state index < -0.39 is 0 Å². The highest BCUT2D eigenvalue weighted by Gasteiger charge is 2.39. The SMILES string of the molecule is CC1(C)C=Cc2nncn2C=C1.CC1(C)C=NN2C(=C1)C1CCC2CC1. The quantitative estimate of drug-likeness (QED) is 0.688. The van der Waals surface area contributed by atoms with Crippen molar-refractivity contribution < 1.29 is 0 Å². The van der Waals surface area contributed by atoms with Crippen LogP contribution in [0, 0.1) is 16.7 Å². The number of piperidine rings is 2. The van der Waals surface area contributed by atoms with Gasteiger partial charge >= 0.3 is 0 Å². The third-order valence-corrected chi connectivity index (χ3v) is 5.69. The summed E-state index contributed by atoms with van der Waals surface area (Å²) in [6.07, 6.45) is 19.9. The van der Waals surface area contributed by atoms with Crippen LogP contribution in [-0.4, -0.2) is 32.0 Å². The van der Waals surface area contributed by atoms with Gasteiger partial charge in [0, 0.05) is 34.9 Å². The topological polar surface area (TPSA) is 46.3 Å². The van der Waals surface area contributed by atoms with Crippen LogP contribution in [0.4, 0.5) is 0 Å². The predicted molar refractivity (Wildman–Crippen MR) is 106 cm³/mol. The zero-order valence-electron chi connectivity index (χ0n) is 16.3. The number of hydrogen-bond donors (Lipinski definition) is 0. The van der Waals surface area contributed by atoms with E-state index in [9.17, 15) is 0 Å². The molecule has 0 atom stereocenters. The van der Waals surface area contributed by atoms with Gasteiger partial charge in [-0.15, -0.1) is 10.2 Å². The van der Waals surface area contributed by atoms with Crippen molar-refractivity contribution in [2.24, 2.45) is 21.8 Å². The van der Waals surface area contributed by atoms with E-state index in [1.165, 1.54) is 31.4 Å². The fourth-order valence-electron chi connectivity index (χ4n) is 4.09. The second-order valence-electron chi connectivity index (χ2n) is 9.05. The van der Waals surface area contributed by atoms with Gasteiger partial charge in [0.15, 0.2) is 5.82 Å². The van der Waals surface area contributed by atoms with Gasteiger partial charge in [0.1, 0.15) is 6.33 Å². The van der Waals surface area contributed by atoms with Gasteiger partial charge in [-0.3, -0.25) is 9.58 Å². The molecule has 0 N–H and O–H groups in total. The summed E-state index contributed by atoms with van der Waals surface area (Å²) < 4.78 is 1.91. The molecule has 2 bridgehead atoms. The van der Waals surface area contributed by atoms with E-state index in [0.717, 1.165) is 11.7 Å². The van der Waals surface area contributed by atoms with Gasteiger partial charge < -0.3 is 0 Å². The summed E-state index contributed by atoms with van der Waals surface area (Å²) in [6.45, 7) is 8.78. The van der Waals surface area contributed by atoms with Crippen LogP contribution in [0.15, 0.2) is 35.4 Å². The predicted octanol–water partition coefficient (Wildman–Crippen LogP) is 4.57. The Hall–Kier alpha value is -2.17. The van der Waals surface area contributed by atoms with Crippen LogP contribution in [0.2, 0.25) is 0 Å². The van der Waals surface area contributed by atoms with Gasteiger partial charge in [-0.2, -0.15) is 5.10 Å². The summed E-state index contributed by atoms with van der Waals surface area (Å²) in [5.74, 6) is 1.69. The first-order chi connectivity index (χ1) is 12.3. The molecule has 1 saturated carbocycles. The summed E-state index contributed by atoms with van der Waals surface area (Å²) in [5, 5.41) is 14.7. The van der Waals surface area contributed by atoms with E-state index in [2.05, 4.69) is 72.4 Å². The van der Waals surface area contributed by atoms with Crippen LogP contribution in [-0.2, 0) is 0 Å². The lowest BCUT2D eigenvalue weighted by atomic mass is 9.76. The van der Waals surface area contributed by atoms with Crippen LogP contribution in [0.3, 0.4) is 0 Å². The average Bonchev–Trinajstić information content (AvgIpc) is 3.01. The number of nitrogens with zero attached hydrogens (tertiary/aromatic N) is 5. The van der Waals surface area contributed by atoms with Crippen LogP contribution in [0.5, 0.6) is 0 Å². The molecule has 1 aromatic heterocycles. The van der Waals surface area contributed by atoms with Crippen molar-refractivity contribution in [3.8, 4) is 0 Å². The molecule has 0 amide bonds. The highest BCUT2D eigenvalue weighted by molar-refractivity contribution is 5.69. The number of allylic oxidation sites excluding steroid dienone is 4. The van der Waals surface area contributed by atoms with Crippen LogP contribution in [0.1, 0.15) is 59.2 Å². The average molecular weight is 351 g/mol. The standard InChI is InChI=1S/C12H18N2.C9H11N3/c1-12(2)7-11-9-3-5-10(6-4-9)14(11)13-8-12;1-9(2)4-3-8-11-10-7-12(8)6-5-9/h7-10H,3-6H2,1-2H3;3-7H,1-2H3. The van der Waals surface area contributed by atoms with Crippen molar-refractivity contribution in [1.82, 2.24) is 19.8 Å². The molecule has 3 fully saturated rings. The van der Waals surface area contributed by atoms with E-state index in [1.807, 2.05) is 16.8 Å². The second-order valence-corrected chi connectivity index (χ2v) is 9.05. The molecule has 0 radical (unpaired) electrons. The molecule has 5 heteroatoms. The van der Waals surface area contributed by atoms with E-state index in [-0.39, 0.29) is 10.8 Å². The number of rotatable bonds is 0. The molecule has 138 valence electrons. The molecule has 4 aliphatic heterocycles. The van der Waals surface area contributed by atoms with Gasteiger partial charge in [0.2, 0.25) is 0 Å². The monoisotopic (exact) mass is 351 g/mol. The molecular formula is C21H29N5. The molecule has 26 heavy (non-hydrogen) atoms. The fourth-order valence-corrected chi connectivity index (χ4v) is 4.09. The minimum Gasteiger partial charge on any atom is -0.289 e. The lowest BCUT2D eigenvalue weighted by molar-refractivity contribution is 0.0987. The van der Waals surface area contributed by atoms with E-state index >= 15 is 0 Å². The van der Waals surface area contributed by atoms with Crippen molar-refractivity contribution >= 4 is 18.5 Å². The van der Waals surface area contributed by atoms with Gasteiger partial charge in [-0.1, -0.05) is 45.9 Å². The summed E-state index contributed by atoms with van der Waals surface area (Å²) in [4.78, 5) is 0. The van der Waals surface area contributed by atoms with Gasteiger partial charge in [-0.05, 0) is 31.8 Å². The lowest BCUT2D eigenvalue weighted by Gasteiger charge is -2.48. The Morgan fingerprint density at radius 2 is 1.77 bits per heavy atom. The molecule has 1 aromatic rings. The third kappa shape index (κ3) is 3.39. The Morgan fingerprint density at radius 1 is 1.00 bits per heavy atom. The van der Waals surface area contributed by atoms with E-state index in [4.69, 9.17) is 0 Å². The summed E-state index contributed by atoms with van der Waals surface area (Å²) in [5.41, 5.74) is 1.80. The molecule has 0 unspecified atom stereocenters. The van der Waals surface area contributed by atoms with Gasteiger partial charge in [-0.25, -0.2) is 0 Å². The zero-order chi connectivity index (χ0) is 18.4. The normalized spacial score (nSPS) is 29.2. The third-order valence-electron chi connectivity index (χ3n) is 5.69. The number of fused-ring (bicyclic) bond motifs is 3. The fraction of sp³-hybridized carbons (Fsp3) is 0.571. The van der Waals surface area contributed by atoms with E-state index in [1.54, 1.807) is 6.33 Å². The summed E-state index contributed by atoms with van der Waals surface area (Å²) >= 11 is 0. The largest absolute Gasteiger partial charge is 0.289 e. The zero-order valence-corrected chi connectivity index (χ0v) is 16.3. The molecule has 1 aliphatic carbocycles. The first-order valence-corrected chi connectivity index (χ1v) is 9.68. The Labute approximate surface area is 156 Å². The first-order valence-electron chi connectivity index (χ1n) is 9.68. The Balaban J connectivity index is 0.000000131. The van der Waals surface area contributed by atoms with Crippen LogP contribution >= 0.6 is 0 Å². The number of aromatic nitrogens is 3. The molecule has 0 aromatic carbocycles. The van der Waals surface area contributed by atoms with Gasteiger partial charge in [0.05, 0.1) is 6.04 Å². The second kappa shape index (κ2) is 6.22. The van der Waals surface area contributed by atoms with Crippen molar-refractivity contribution in [2.75, 3.05) is 0 Å². The van der Waals surface area contributed by atoms with Crippen molar-refractivity contribution in [3.63, 3.8) is 0 Å². The van der Waals surface area contributed by atoms with Crippen molar-refractivity contribution in [2.45, 2.75) is 59.4 Å². The van der Waals surface area contributed by atoms with Crippen molar-refractivity contribution in [3.05, 3.63) is 36.1 Å². The summed E-state index contributed by atoms with van der Waals surface area (Å²) in [7, 11) is 0. The number of hydrogen-bond acceptors (Lipinski definition) is 4. The maximum atomic E-state index is 4.63. The highest BCUT2D eigenvalue weighted by atomic mass is 15.5. The Bertz CT molecular complexity index is 755. The minimum atomic E-state index is 0.112. The van der Waals surface area contributed by atoms with Crippen molar-refractivity contribution in [1.29, 1.82) is 0 Å². The van der Waals surface area contributed by atoms with Crippen LogP contribution < -0.4 is 0 Å². The summed E-state index contributed by atoms with van der Waals surface area (Å²) in [6, 6.07) is 0.707. The Kier molecular flexibility index (Phi) is 4.13. The maximum absolute atomic E-state index is 4.63. The maximum Gasteiger partial charge on any atom is 0.160 e. The highest BCUT2D eigenvalue weighted by Crippen LogP contribution is 2.44. The molecule has 5 heterocycles. The minimum absolute atomic E-state index is 0.112. The molecule has 6 rings (SSSR count). The first kappa shape index (κ1) is 17.3. The molecule has 5 nitrogen and oxygen atoms in total. The van der Waals surface area contributed by atoms with Gasteiger partial charge in [0.25, 0.3) is 0 Å². The lowest BCUT2D eigenvalue weighted by Crippen LogP contribution is -2.45. The molecule has 5 aliphatic rings. The molecule has 0 spiro atoms. The Morgan fingerprint density at radius 3 is 2.54 bits per heavy atom. The molecule has 2 saturated heterocycles. The van der Waals surface area contributed by atoms with Crippen LogP contribution in [0.25, 0.3) is 12.3 Å². The van der Waals surface area contributed by atoms with E-state index in [0.29, 0.717) is 6.04 Å². The smallest absolute Gasteiger partial charge is 0.160 e. The number of hydrazone groups is 1. The molecular weight excluding hydrogens is 322 g/mol.